The van der Waals surface area contributed by atoms with Gasteiger partial charge in [-0.05, 0) is 87.4 Å². The second-order valence-corrected chi connectivity index (χ2v) is 10.3. The van der Waals surface area contributed by atoms with E-state index in [4.69, 9.17) is 0 Å². The number of hydrogen-bond acceptors (Lipinski definition) is 3. The van der Waals surface area contributed by atoms with E-state index in [0.717, 1.165) is 36.2 Å². The van der Waals surface area contributed by atoms with E-state index in [9.17, 15) is 4.79 Å². The molecule has 2 fully saturated rings. The van der Waals surface area contributed by atoms with Gasteiger partial charge in [0.15, 0.2) is 0 Å². The average molecular weight is 375 g/mol. The Labute approximate surface area is 162 Å². The lowest BCUT2D eigenvalue weighted by Gasteiger charge is -2.37. The summed E-state index contributed by atoms with van der Waals surface area (Å²) in [6.45, 7) is 10.3. The molecule has 2 atom stereocenters. The molecule has 1 aliphatic carbocycles. The van der Waals surface area contributed by atoms with Crippen LogP contribution in [0.25, 0.3) is 0 Å². The van der Waals surface area contributed by atoms with E-state index >= 15 is 0 Å². The van der Waals surface area contributed by atoms with Gasteiger partial charge in [-0.1, -0.05) is 13.8 Å². The first kappa shape index (κ1) is 18.5. The van der Waals surface area contributed by atoms with Gasteiger partial charge in [0, 0.05) is 24.5 Å². The minimum atomic E-state index is 0.300. The SMILES string of the molecule is CC1CCN(CC2CCCN(C(=O)c3cc4c(s3)CCC(C)C4)C2)CC1. The van der Waals surface area contributed by atoms with Gasteiger partial charge < -0.3 is 9.80 Å². The van der Waals surface area contributed by atoms with E-state index in [0.29, 0.717) is 11.8 Å². The fourth-order valence-corrected chi connectivity index (χ4v) is 6.15. The van der Waals surface area contributed by atoms with Gasteiger partial charge in [0.25, 0.3) is 5.91 Å². The van der Waals surface area contributed by atoms with Crippen LogP contribution in [-0.4, -0.2) is 48.4 Å². The van der Waals surface area contributed by atoms with Crippen molar-refractivity contribution in [2.24, 2.45) is 17.8 Å². The summed E-state index contributed by atoms with van der Waals surface area (Å²) < 4.78 is 0. The van der Waals surface area contributed by atoms with Gasteiger partial charge in [-0.3, -0.25) is 4.79 Å². The highest BCUT2D eigenvalue weighted by Crippen LogP contribution is 2.33. The lowest BCUT2D eigenvalue weighted by atomic mass is 9.90. The van der Waals surface area contributed by atoms with Gasteiger partial charge in [0.05, 0.1) is 4.88 Å². The van der Waals surface area contributed by atoms with Gasteiger partial charge in [-0.2, -0.15) is 0 Å². The first-order valence-electron chi connectivity index (χ1n) is 10.7. The van der Waals surface area contributed by atoms with Crippen molar-refractivity contribution in [3.8, 4) is 0 Å². The summed E-state index contributed by atoms with van der Waals surface area (Å²) >= 11 is 1.77. The zero-order chi connectivity index (χ0) is 18.1. The van der Waals surface area contributed by atoms with Crippen molar-refractivity contribution >= 4 is 17.2 Å². The largest absolute Gasteiger partial charge is 0.338 e. The highest BCUT2D eigenvalue weighted by atomic mass is 32.1. The molecule has 2 unspecified atom stereocenters. The molecule has 2 saturated heterocycles. The molecule has 3 heterocycles. The van der Waals surface area contributed by atoms with Crippen molar-refractivity contribution in [3.63, 3.8) is 0 Å². The minimum absolute atomic E-state index is 0.300. The number of piperidine rings is 2. The summed E-state index contributed by atoms with van der Waals surface area (Å²) in [5, 5.41) is 0. The molecular weight excluding hydrogens is 340 g/mol. The van der Waals surface area contributed by atoms with Crippen molar-refractivity contribution in [1.82, 2.24) is 9.80 Å². The van der Waals surface area contributed by atoms with Crippen LogP contribution in [0.4, 0.5) is 0 Å². The van der Waals surface area contributed by atoms with Gasteiger partial charge >= 0.3 is 0 Å². The first-order valence-corrected chi connectivity index (χ1v) is 11.5. The molecule has 0 bridgehead atoms. The molecule has 1 aromatic heterocycles. The van der Waals surface area contributed by atoms with E-state index < -0.39 is 0 Å². The van der Waals surface area contributed by atoms with Crippen LogP contribution in [0.1, 0.15) is 66.1 Å². The molecule has 26 heavy (non-hydrogen) atoms. The average Bonchev–Trinajstić information content (AvgIpc) is 3.06. The normalized spacial score (nSPS) is 28.2. The number of thiophene rings is 1. The topological polar surface area (TPSA) is 23.6 Å². The third-order valence-corrected chi connectivity index (χ3v) is 7.96. The number of likely N-dealkylation sites (tertiary alicyclic amines) is 2. The number of hydrogen-bond donors (Lipinski definition) is 0. The molecule has 0 saturated carbocycles. The summed E-state index contributed by atoms with van der Waals surface area (Å²) in [5.41, 5.74) is 1.45. The number of amides is 1. The second-order valence-electron chi connectivity index (χ2n) is 9.15. The predicted octanol–water partition coefficient (Wildman–Crippen LogP) is 4.46. The number of carbonyl (C=O) groups is 1. The van der Waals surface area contributed by atoms with E-state index in [-0.39, 0.29) is 0 Å². The Morgan fingerprint density at radius 2 is 1.92 bits per heavy atom. The molecule has 2 aliphatic heterocycles. The van der Waals surface area contributed by atoms with E-state index in [2.05, 4.69) is 29.7 Å². The Bertz CT molecular complexity index is 632. The molecule has 3 aliphatic rings. The number of nitrogens with zero attached hydrogens (tertiary/aromatic N) is 2. The molecule has 0 radical (unpaired) electrons. The van der Waals surface area contributed by atoms with Crippen molar-refractivity contribution in [1.29, 1.82) is 0 Å². The van der Waals surface area contributed by atoms with E-state index in [1.807, 2.05) is 0 Å². The Morgan fingerprint density at radius 1 is 1.12 bits per heavy atom. The number of aryl methyl sites for hydroxylation is 1. The highest BCUT2D eigenvalue weighted by Gasteiger charge is 2.29. The molecular formula is C22H34N2OS. The van der Waals surface area contributed by atoms with Crippen LogP contribution in [0.3, 0.4) is 0 Å². The molecule has 1 aromatic rings. The zero-order valence-corrected chi connectivity index (χ0v) is 17.3. The quantitative estimate of drug-likeness (QED) is 0.780. The monoisotopic (exact) mass is 374 g/mol. The van der Waals surface area contributed by atoms with Crippen LogP contribution in [0.2, 0.25) is 0 Å². The van der Waals surface area contributed by atoms with Crippen LogP contribution in [0.15, 0.2) is 6.07 Å². The molecule has 4 rings (SSSR count). The second kappa shape index (κ2) is 8.02. The van der Waals surface area contributed by atoms with Gasteiger partial charge in [-0.15, -0.1) is 11.3 Å². The Morgan fingerprint density at radius 3 is 2.73 bits per heavy atom. The van der Waals surface area contributed by atoms with E-state index in [1.165, 1.54) is 68.6 Å². The summed E-state index contributed by atoms with van der Waals surface area (Å²) in [6, 6.07) is 2.22. The zero-order valence-electron chi connectivity index (χ0n) is 16.5. The fourth-order valence-electron chi connectivity index (χ4n) is 4.98. The lowest BCUT2D eigenvalue weighted by Crippen LogP contribution is -2.45. The van der Waals surface area contributed by atoms with Crippen LogP contribution in [0, 0.1) is 17.8 Å². The summed E-state index contributed by atoms with van der Waals surface area (Å²) in [7, 11) is 0. The smallest absolute Gasteiger partial charge is 0.263 e. The van der Waals surface area contributed by atoms with E-state index in [1.54, 1.807) is 11.3 Å². The van der Waals surface area contributed by atoms with Crippen molar-refractivity contribution in [2.45, 2.75) is 58.8 Å². The lowest BCUT2D eigenvalue weighted by molar-refractivity contribution is 0.0627. The molecule has 4 heteroatoms. The Hall–Kier alpha value is -0.870. The number of fused-ring (bicyclic) bond motifs is 1. The standard InChI is InChI=1S/C22H34N2OS/c1-16-7-10-23(11-8-16)14-18-4-3-9-24(15-18)22(25)21-13-19-12-17(2)5-6-20(19)26-21/h13,16-18H,3-12,14-15H2,1-2H3. The summed E-state index contributed by atoms with van der Waals surface area (Å²) in [6.07, 6.45) is 8.75. The third kappa shape index (κ3) is 4.17. The summed E-state index contributed by atoms with van der Waals surface area (Å²) in [5.74, 6) is 2.62. The van der Waals surface area contributed by atoms with Crippen LogP contribution in [0.5, 0.6) is 0 Å². The number of rotatable bonds is 3. The van der Waals surface area contributed by atoms with Crippen molar-refractivity contribution in [2.75, 3.05) is 32.7 Å². The van der Waals surface area contributed by atoms with Crippen molar-refractivity contribution < 1.29 is 4.79 Å². The fraction of sp³-hybridized carbons (Fsp3) is 0.773. The van der Waals surface area contributed by atoms with Crippen LogP contribution in [-0.2, 0) is 12.8 Å². The maximum Gasteiger partial charge on any atom is 0.263 e. The maximum atomic E-state index is 13.1. The highest BCUT2D eigenvalue weighted by molar-refractivity contribution is 7.14. The Kier molecular flexibility index (Phi) is 5.70. The number of carbonyl (C=O) groups excluding carboxylic acids is 1. The van der Waals surface area contributed by atoms with Gasteiger partial charge in [0.2, 0.25) is 0 Å². The molecule has 144 valence electrons. The summed E-state index contributed by atoms with van der Waals surface area (Å²) in [4.78, 5) is 20.4. The van der Waals surface area contributed by atoms with Gasteiger partial charge in [-0.25, -0.2) is 0 Å². The third-order valence-electron chi connectivity index (χ3n) is 6.74. The Balaban J connectivity index is 1.36. The minimum Gasteiger partial charge on any atom is -0.338 e. The molecule has 3 nitrogen and oxygen atoms in total. The molecule has 0 N–H and O–H groups in total. The molecule has 0 spiro atoms. The van der Waals surface area contributed by atoms with Gasteiger partial charge in [0.1, 0.15) is 0 Å². The van der Waals surface area contributed by atoms with Crippen LogP contribution < -0.4 is 0 Å². The van der Waals surface area contributed by atoms with Crippen molar-refractivity contribution in [3.05, 3.63) is 21.4 Å². The maximum absolute atomic E-state index is 13.1. The first-order chi connectivity index (χ1) is 12.6. The van der Waals surface area contributed by atoms with Crippen LogP contribution >= 0.6 is 11.3 Å². The molecule has 1 amide bonds. The predicted molar refractivity (Wildman–Crippen MR) is 109 cm³/mol. The molecule has 0 aromatic carbocycles.